The zero-order valence-corrected chi connectivity index (χ0v) is 11.5. The molecule has 1 heterocycles. The molecule has 0 unspecified atom stereocenters. The predicted molar refractivity (Wildman–Crippen MR) is 75.8 cm³/mol. The minimum atomic E-state index is -0.633. The zero-order valence-electron chi connectivity index (χ0n) is 11.5. The second-order valence-electron chi connectivity index (χ2n) is 5.92. The number of aliphatic carboxylic acids is 1. The van der Waals surface area contributed by atoms with E-state index in [1.807, 2.05) is 6.07 Å². The minimum Gasteiger partial charge on any atom is -0.481 e. The lowest BCUT2D eigenvalue weighted by Gasteiger charge is -2.34. The summed E-state index contributed by atoms with van der Waals surface area (Å²) in [6, 6.07) is 6.21. The Balaban J connectivity index is 2.15. The maximum atomic E-state index is 11.9. The average molecular weight is 259 g/mol. The average Bonchev–Trinajstić information content (AvgIpc) is 2.89. The Morgan fingerprint density at radius 3 is 2.68 bits per heavy atom. The maximum Gasteiger partial charge on any atom is 0.314 e. The fourth-order valence-corrected chi connectivity index (χ4v) is 3.83. The van der Waals surface area contributed by atoms with E-state index < -0.39 is 11.4 Å². The summed E-state index contributed by atoms with van der Waals surface area (Å²) in [4.78, 5) is 14.1. The predicted octanol–water partition coefficient (Wildman–Crippen LogP) is 2.97. The van der Waals surface area contributed by atoms with E-state index in [0.717, 1.165) is 50.6 Å². The van der Waals surface area contributed by atoms with Crippen molar-refractivity contribution in [2.24, 2.45) is 0 Å². The van der Waals surface area contributed by atoms with Crippen LogP contribution >= 0.6 is 0 Å². The highest BCUT2D eigenvalue weighted by atomic mass is 16.4. The molecule has 1 saturated carbocycles. The number of benzene rings is 1. The first-order valence-electron chi connectivity index (χ1n) is 7.22. The summed E-state index contributed by atoms with van der Waals surface area (Å²) in [6.07, 6.45) is 5.80. The molecule has 0 amide bonds. The molecule has 2 aliphatic rings. The van der Waals surface area contributed by atoms with E-state index in [4.69, 9.17) is 0 Å². The van der Waals surface area contributed by atoms with Gasteiger partial charge >= 0.3 is 5.97 Å². The Morgan fingerprint density at radius 2 is 2.00 bits per heavy atom. The standard InChI is InChI=1S/C16H21NO2/c1-17-11-5-6-12-13(7-4-8-14(12)17)16(15(18)19)9-2-3-10-16/h4,7-8H,2-3,5-6,9-11H2,1H3,(H,18,19). The molecular weight excluding hydrogens is 238 g/mol. The van der Waals surface area contributed by atoms with Crippen LogP contribution in [0.25, 0.3) is 0 Å². The van der Waals surface area contributed by atoms with E-state index in [2.05, 4.69) is 24.1 Å². The van der Waals surface area contributed by atoms with Crippen LogP contribution in [0.5, 0.6) is 0 Å². The molecule has 1 fully saturated rings. The monoisotopic (exact) mass is 259 g/mol. The highest BCUT2D eigenvalue weighted by Crippen LogP contribution is 2.45. The van der Waals surface area contributed by atoms with Crippen LogP contribution in [0.3, 0.4) is 0 Å². The van der Waals surface area contributed by atoms with Crippen molar-refractivity contribution < 1.29 is 9.90 Å². The third kappa shape index (κ3) is 1.83. The molecule has 1 aliphatic carbocycles. The normalized spacial score (nSPS) is 21.2. The second-order valence-corrected chi connectivity index (χ2v) is 5.92. The van der Waals surface area contributed by atoms with Crippen LogP contribution in [0, 0.1) is 0 Å². The highest BCUT2D eigenvalue weighted by molar-refractivity contribution is 5.83. The molecule has 1 N–H and O–H groups in total. The van der Waals surface area contributed by atoms with Gasteiger partial charge < -0.3 is 10.0 Å². The maximum absolute atomic E-state index is 11.9. The van der Waals surface area contributed by atoms with Crippen molar-refractivity contribution in [3.05, 3.63) is 29.3 Å². The molecule has 0 atom stereocenters. The second kappa shape index (κ2) is 4.55. The molecule has 1 aromatic rings. The first kappa shape index (κ1) is 12.5. The number of hydrogen-bond acceptors (Lipinski definition) is 2. The van der Waals surface area contributed by atoms with Gasteiger partial charge in [-0.05, 0) is 42.9 Å². The molecule has 0 bridgehead atoms. The smallest absolute Gasteiger partial charge is 0.314 e. The van der Waals surface area contributed by atoms with Crippen LogP contribution in [-0.2, 0) is 16.6 Å². The molecule has 102 valence electrons. The van der Waals surface area contributed by atoms with Crippen molar-refractivity contribution in [3.8, 4) is 0 Å². The molecule has 0 spiro atoms. The molecule has 0 aromatic heterocycles. The van der Waals surface area contributed by atoms with Crippen molar-refractivity contribution in [1.82, 2.24) is 0 Å². The Morgan fingerprint density at radius 1 is 1.26 bits per heavy atom. The topological polar surface area (TPSA) is 40.5 Å². The van der Waals surface area contributed by atoms with Gasteiger partial charge in [0.1, 0.15) is 0 Å². The number of fused-ring (bicyclic) bond motifs is 1. The highest BCUT2D eigenvalue weighted by Gasteiger charge is 2.44. The van der Waals surface area contributed by atoms with Gasteiger partial charge in [0.2, 0.25) is 0 Å². The van der Waals surface area contributed by atoms with Crippen molar-refractivity contribution in [2.75, 3.05) is 18.5 Å². The van der Waals surface area contributed by atoms with Gasteiger partial charge in [-0.2, -0.15) is 0 Å². The van der Waals surface area contributed by atoms with Gasteiger partial charge in [0, 0.05) is 19.3 Å². The van der Waals surface area contributed by atoms with Crippen LogP contribution < -0.4 is 4.90 Å². The third-order valence-electron chi connectivity index (χ3n) is 4.86. The summed E-state index contributed by atoms with van der Waals surface area (Å²) in [5.41, 5.74) is 2.97. The van der Waals surface area contributed by atoms with E-state index in [1.54, 1.807) is 0 Å². The fraction of sp³-hybridized carbons (Fsp3) is 0.562. The lowest BCUT2D eigenvalue weighted by atomic mass is 9.75. The van der Waals surface area contributed by atoms with Crippen LogP contribution in [-0.4, -0.2) is 24.7 Å². The van der Waals surface area contributed by atoms with E-state index in [-0.39, 0.29) is 0 Å². The van der Waals surface area contributed by atoms with Crippen molar-refractivity contribution in [3.63, 3.8) is 0 Å². The number of hydrogen-bond donors (Lipinski definition) is 1. The summed E-state index contributed by atoms with van der Waals surface area (Å²) in [6.45, 7) is 1.07. The molecule has 3 nitrogen and oxygen atoms in total. The van der Waals surface area contributed by atoms with Crippen LogP contribution in [0.1, 0.15) is 43.2 Å². The van der Waals surface area contributed by atoms with Gasteiger partial charge in [-0.1, -0.05) is 25.0 Å². The van der Waals surface area contributed by atoms with Gasteiger partial charge in [0.25, 0.3) is 0 Å². The molecular formula is C16H21NO2. The van der Waals surface area contributed by atoms with Gasteiger partial charge in [-0.3, -0.25) is 4.79 Å². The number of rotatable bonds is 2. The van der Waals surface area contributed by atoms with Crippen molar-refractivity contribution >= 4 is 11.7 Å². The molecule has 1 aromatic carbocycles. The molecule has 19 heavy (non-hydrogen) atoms. The Labute approximate surface area is 114 Å². The number of anilines is 1. The van der Waals surface area contributed by atoms with Crippen LogP contribution in [0.15, 0.2) is 18.2 Å². The number of nitrogens with zero attached hydrogens (tertiary/aromatic N) is 1. The Hall–Kier alpha value is -1.51. The summed E-state index contributed by atoms with van der Waals surface area (Å²) >= 11 is 0. The van der Waals surface area contributed by atoms with E-state index >= 15 is 0 Å². The molecule has 3 rings (SSSR count). The number of carbonyl (C=O) groups is 1. The first-order valence-corrected chi connectivity index (χ1v) is 7.22. The summed E-state index contributed by atoms with van der Waals surface area (Å²) in [5, 5.41) is 9.77. The molecule has 0 radical (unpaired) electrons. The largest absolute Gasteiger partial charge is 0.481 e. The van der Waals surface area contributed by atoms with E-state index in [9.17, 15) is 9.90 Å². The summed E-state index contributed by atoms with van der Waals surface area (Å²) in [7, 11) is 2.10. The first-order chi connectivity index (χ1) is 9.15. The lowest BCUT2D eigenvalue weighted by molar-refractivity contribution is -0.143. The summed E-state index contributed by atoms with van der Waals surface area (Å²) < 4.78 is 0. The number of carboxylic acids is 1. The molecule has 1 aliphatic heterocycles. The minimum absolute atomic E-state index is 0.622. The van der Waals surface area contributed by atoms with E-state index in [0.29, 0.717) is 0 Å². The Bertz CT molecular complexity index is 503. The van der Waals surface area contributed by atoms with Gasteiger partial charge in [0.05, 0.1) is 5.41 Å². The lowest BCUT2D eigenvalue weighted by Crippen LogP contribution is -2.35. The molecule has 0 saturated heterocycles. The van der Waals surface area contributed by atoms with Crippen molar-refractivity contribution in [2.45, 2.75) is 43.9 Å². The van der Waals surface area contributed by atoms with Crippen LogP contribution in [0.4, 0.5) is 5.69 Å². The van der Waals surface area contributed by atoms with E-state index in [1.165, 1.54) is 11.3 Å². The number of carboxylic acid groups (broad SMARTS) is 1. The fourth-order valence-electron chi connectivity index (χ4n) is 3.83. The van der Waals surface area contributed by atoms with Crippen molar-refractivity contribution in [1.29, 1.82) is 0 Å². The summed E-state index contributed by atoms with van der Waals surface area (Å²) in [5.74, 6) is -0.633. The van der Waals surface area contributed by atoms with Gasteiger partial charge in [-0.15, -0.1) is 0 Å². The van der Waals surface area contributed by atoms with Gasteiger partial charge in [0.15, 0.2) is 0 Å². The van der Waals surface area contributed by atoms with Gasteiger partial charge in [-0.25, -0.2) is 0 Å². The molecule has 3 heteroatoms. The zero-order chi connectivity index (χ0) is 13.5. The Kier molecular flexibility index (Phi) is 3.00. The van der Waals surface area contributed by atoms with Crippen LogP contribution in [0.2, 0.25) is 0 Å². The third-order valence-corrected chi connectivity index (χ3v) is 4.86. The SMILES string of the molecule is CN1CCCc2c1cccc2C1(C(=O)O)CCCC1. The quantitative estimate of drug-likeness (QED) is 0.887.